The second kappa shape index (κ2) is 8.73. The topological polar surface area (TPSA) is 79.6 Å². The molecular formula is C19H31N5O3. The van der Waals surface area contributed by atoms with Gasteiger partial charge in [0.1, 0.15) is 5.82 Å². The number of nitrogens with one attached hydrogen (secondary N) is 1. The van der Waals surface area contributed by atoms with Crippen LogP contribution in [0.1, 0.15) is 32.6 Å². The third-order valence-corrected chi connectivity index (χ3v) is 5.74. The van der Waals surface area contributed by atoms with E-state index in [1.54, 1.807) is 4.57 Å². The Kier molecular flexibility index (Phi) is 6.36. The van der Waals surface area contributed by atoms with Crippen LogP contribution in [0.15, 0.2) is 15.7 Å². The van der Waals surface area contributed by atoms with Gasteiger partial charge in [0.25, 0.3) is 5.56 Å². The van der Waals surface area contributed by atoms with Crippen LogP contribution in [0.5, 0.6) is 0 Å². The molecule has 0 bridgehead atoms. The molecule has 3 heterocycles. The number of likely N-dealkylation sites (tertiary alicyclic amines) is 1. The monoisotopic (exact) mass is 377 g/mol. The van der Waals surface area contributed by atoms with Crippen LogP contribution >= 0.6 is 0 Å². The van der Waals surface area contributed by atoms with Crippen molar-refractivity contribution in [1.29, 1.82) is 0 Å². The quantitative estimate of drug-likeness (QED) is 0.755. The minimum Gasteiger partial charge on any atom is -0.357 e. The summed E-state index contributed by atoms with van der Waals surface area (Å²) in [5.41, 5.74) is -0.617. The van der Waals surface area contributed by atoms with E-state index in [0.29, 0.717) is 25.5 Å². The van der Waals surface area contributed by atoms with Crippen LogP contribution in [-0.2, 0) is 18.4 Å². The van der Waals surface area contributed by atoms with Crippen LogP contribution in [-0.4, -0.2) is 59.2 Å². The van der Waals surface area contributed by atoms with Crippen molar-refractivity contribution < 1.29 is 4.79 Å². The number of hydrogen-bond acceptors (Lipinski definition) is 5. The zero-order valence-electron chi connectivity index (χ0n) is 16.4. The molecule has 0 radical (unpaired) electrons. The van der Waals surface area contributed by atoms with Crippen molar-refractivity contribution in [3.05, 3.63) is 26.9 Å². The van der Waals surface area contributed by atoms with Crippen LogP contribution in [0.4, 0.5) is 5.82 Å². The Morgan fingerprint density at radius 1 is 1.19 bits per heavy atom. The molecule has 0 aliphatic carbocycles. The standard InChI is InChI=1S/C19H31N5O3/c1-3-24-16(13-17(25)21(2)19(24)27)23-11-6-7-15(14-23)18(26)20-8-12-22-9-4-5-10-22/h13,15H,3-12,14H2,1-2H3,(H,20,26). The van der Waals surface area contributed by atoms with Crippen LogP contribution in [0.3, 0.4) is 0 Å². The highest BCUT2D eigenvalue weighted by Gasteiger charge is 2.27. The fourth-order valence-electron chi connectivity index (χ4n) is 4.10. The van der Waals surface area contributed by atoms with E-state index >= 15 is 0 Å². The minimum absolute atomic E-state index is 0.0770. The highest BCUT2D eigenvalue weighted by atomic mass is 16.2. The second-order valence-electron chi connectivity index (χ2n) is 7.55. The highest BCUT2D eigenvalue weighted by Crippen LogP contribution is 2.22. The summed E-state index contributed by atoms with van der Waals surface area (Å²) in [6.45, 7) is 7.53. The predicted molar refractivity (Wildman–Crippen MR) is 105 cm³/mol. The summed E-state index contributed by atoms with van der Waals surface area (Å²) < 4.78 is 2.73. The summed E-state index contributed by atoms with van der Waals surface area (Å²) in [5, 5.41) is 3.07. The van der Waals surface area contributed by atoms with Crippen molar-refractivity contribution in [3.63, 3.8) is 0 Å². The summed E-state index contributed by atoms with van der Waals surface area (Å²) in [7, 11) is 1.49. The molecule has 1 unspecified atom stereocenters. The van der Waals surface area contributed by atoms with Gasteiger partial charge in [0.2, 0.25) is 5.91 Å². The first kappa shape index (κ1) is 19.7. The molecule has 1 aromatic heterocycles. The number of piperidine rings is 1. The van der Waals surface area contributed by atoms with Gasteiger partial charge >= 0.3 is 5.69 Å². The number of anilines is 1. The van der Waals surface area contributed by atoms with E-state index in [1.165, 1.54) is 26.0 Å². The lowest BCUT2D eigenvalue weighted by molar-refractivity contribution is -0.125. The first-order chi connectivity index (χ1) is 13.0. The average molecular weight is 377 g/mol. The van der Waals surface area contributed by atoms with Gasteiger partial charge in [-0.1, -0.05) is 0 Å². The Hall–Kier alpha value is -2.09. The molecule has 8 nitrogen and oxygen atoms in total. The van der Waals surface area contributed by atoms with Crippen LogP contribution in [0, 0.1) is 5.92 Å². The number of carbonyl (C=O) groups is 1. The minimum atomic E-state index is -0.308. The largest absolute Gasteiger partial charge is 0.357 e. The van der Waals surface area contributed by atoms with Crippen molar-refractivity contribution in [2.24, 2.45) is 13.0 Å². The fourth-order valence-corrected chi connectivity index (χ4v) is 4.10. The van der Waals surface area contributed by atoms with Crippen molar-refractivity contribution in [1.82, 2.24) is 19.4 Å². The van der Waals surface area contributed by atoms with E-state index < -0.39 is 0 Å². The van der Waals surface area contributed by atoms with Crippen LogP contribution in [0.2, 0.25) is 0 Å². The molecule has 0 saturated carbocycles. The van der Waals surface area contributed by atoms with Gasteiger partial charge < -0.3 is 15.1 Å². The van der Waals surface area contributed by atoms with Gasteiger partial charge in [-0.3, -0.25) is 18.7 Å². The maximum Gasteiger partial charge on any atom is 0.332 e. The molecule has 0 aromatic carbocycles. The first-order valence-electron chi connectivity index (χ1n) is 10.1. The number of rotatable bonds is 6. The molecule has 2 saturated heterocycles. The van der Waals surface area contributed by atoms with E-state index in [-0.39, 0.29) is 23.1 Å². The smallest absolute Gasteiger partial charge is 0.332 e. The van der Waals surface area contributed by atoms with Crippen molar-refractivity contribution in [2.75, 3.05) is 44.2 Å². The third-order valence-electron chi connectivity index (χ3n) is 5.74. The number of nitrogens with zero attached hydrogens (tertiary/aromatic N) is 4. The molecule has 1 aromatic rings. The van der Waals surface area contributed by atoms with Gasteiger partial charge in [-0.2, -0.15) is 0 Å². The zero-order valence-corrected chi connectivity index (χ0v) is 16.4. The third kappa shape index (κ3) is 4.43. The van der Waals surface area contributed by atoms with Crippen molar-refractivity contribution in [3.8, 4) is 0 Å². The van der Waals surface area contributed by atoms with Gasteiger partial charge in [0.15, 0.2) is 0 Å². The summed E-state index contributed by atoms with van der Waals surface area (Å²) >= 11 is 0. The van der Waals surface area contributed by atoms with Crippen LogP contribution in [0.25, 0.3) is 0 Å². The van der Waals surface area contributed by atoms with Gasteiger partial charge in [-0.05, 0) is 45.7 Å². The van der Waals surface area contributed by atoms with E-state index in [9.17, 15) is 14.4 Å². The number of aromatic nitrogens is 2. The van der Waals surface area contributed by atoms with Gasteiger partial charge in [-0.15, -0.1) is 0 Å². The molecule has 2 aliphatic rings. The summed E-state index contributed by atoms with van der Waals surface area (Å²) in [5.74, 6) is 0.593. The Bertz CT molecular complexity index is 779. The molecule has 8 heteroatoms. The summed E-state index contributed by atoms with van der Waals surface area (Å²) in [6, 6.07) is 1.51. The van der Waals surface area contributed by atoms with Crippen molar-refractivity contribution in [2.45, 2.75) is 39.2 Å². The van der Waals surface area contributed by atoms with Gasteiger partial charge in [0, 0.05) is 45.8 Å². The second-order valence-corrected chi connectivity index (χ2v) is 7.55. The number of carbonyl (C=O) groups excluding carboxylic acids is 1. The van der Waals surface area contributed by atoms with E-state index in [2.05, 4.69) is 10.2 Å². The Morgan fingerprint density at radius 3 is 2.63 bits per heavy atom. The fraction of sp³-hybridized carbons (Fsp3) is 0.737. The SMILES string of the molecule is CCn1c(N2CCCC(C(=O)NCCN3CCCC3)C2)cc(=O)n(C)c1=O. The first-order valence-corrected chi connectivity index (χ1v) is 10.1. The molecule has 2 aliphatic heterocycles. The highest BCUT2D eigenvalue weighted by molar-refractivity contribution is 5.79. The molecule has 1 amide bonds. The average Bonchev–Trinajstić information content (AvgIpc) is 3.19. The molecule has 1 N–H and O–H groups in total. The predicted octanol–water partition coefficient (Wildman–Crippen LogP) is -0.00470. The Balaban J connectivity index is 1.64. The molecular weight excluding hydrogens is 346 g/mol. The van der Waals surface area contributed by atoms with E-state index in [4.69, 9.17) is 0 Å². The lowest BCUT2D eigenvalue weighted by Gasteiger charge is -2.34. The Labute approximate surface area is 159 Å². The number of hydrogen-bond donors (Lipinski definition) is 1. The van der Waals surface area contributed by atoms with Crippen molar-refractivity contribution >= 4 is 11.7 Å². The molecule has 1 atom stereocenters. The summed E-state index contributed by atoms with van der Waals surface area (Å²) in [6.07, 6.45) is 4.22. The van der Waals surface area contributed by atoms with E-state index in [1.807, 2.05) is 11.8 Å². The van der Waals surface area contributed by atoms with E-state index in [0.717, 1.165) is 43.6 Å². The maximum atomic E-state index is 12.6. The molecule has 0 spiro atoms. The lowest BCUT2D eigenvalue weighted by atomic mass is 9.97. The lowest BCUT2D eigenvalue weighted by Crippen LogP contribution is -2.47. The molecule has 2 fully saturated rings. The van der Waals surface area contributed by atoms with Gasteiger partial charge in [0.05, 0.1) is 5.92 Å². The molecule has 3 rings (SSSR count). The zero-order chi connectivity index (χ0) is 19.4. The Morgan fingerprint density at radius 2 is 1.93 bits per heavy atom. The molecule has 150 valence electrons. The number of amides is 1. The van der Waals surface area contributed by atoms with Gasteiger partial charge in [-0.25, -0.2) is 4.79 Å². The maximum absolute atomic E-state index is 12.6. The van der Waals surface area contributed by atoms with Crippen LogP contribution < -0.4 is 21.5 Å². The normalized spacial score (nSPS) is 20.8. The molecule has 27 heavy (non-hydrogen) atoms. The summed E-state index contributed by atoms with van der Waals surface area (Å²) in [4.78, 5) is 41.5.